The third-order valence-corrected chi connectivity index (χ3v) is 4.36. The maximum atomic E-state index is 12.3. The van der Waals surface area contributed by atoms with E-state index in [0.29, 0.717) is 0 Å². The lowest BCUT2D eigenvalue weighted by Gasteiger charge is -2.09. The molecule has 0 aliphatic carbocycles. The number of aryl methyl sites for hydroxylation is 1. The molecule has 2 aromatic rings. The number of sulfonamides is 1. The average molecular weight is 349 g/mol. The fourth-order valence-electron chi connectivity index (χ4n) is 1.97. The van der Waals surface area contributed by atoms with E-state index < -0.39 is 14.9 Å². The van der Waals surface area contributed by atoms with Crippen LogP contribution in [0.15, 0.2) is 52.5 Å². The molecule has 2 aromatic carbocycles. The summed E-state index contributed by atoms with van der Waals surface area (Å²) < 4.78 is 29.7. The number of nitro benzene ring substituents is 1. The van der Waals surface area contributed by atoms with Gasteiger partial charge in [-0.15, -0.1) is 0 Å². The number of hydrogen-bond acceptors (Lipinski definition) is 6. The van der Waals surface area contributed by atoms with E-state index in [4.69, 9.17) is 4.74 Å². The minimum atomic E-state index is -3.97. The third-order valence-electron chi connectivity index (χ3n) is 3.12. The molecule has 0 bridgehead atoms. The van der Waals surface area contributed by atoms with Crippen LogP contribution in [0.1, 0.15) is 11.1 Å². The van der Waals surface area contributed by atoms with Crippen LogP contribution in [0.2, 0.25) is 0 Å². The summed E-state index contributed by atoms with van der Waals surface area (Å²) in [5, 5.41) is 14.5. The zero-order chi connectivity index (χ0) is 17.7. The molecule has 0 amide bonds. The number of nitrogens with one attached hydrogen (secondary N) is 1. The van der Waals surface area contributed by atoms with Crippen molar-refractivity contribution < 1.29 is 18.1 Å². The predicted molar refractivity (Wildman–Crippen MR) is 88.7 cm³/mol. The molecule has 0 unspecified atom stereocenters. The van der Waals surface area contributed by atoms with Gasteiger partial charge in [0.1, 0.15) is 10.6 Å². The van der Waals surface area contributed by atoms with Gasteiger partial charge in [0.05, 0.1) is 23.8 Å². The van der Waals surface area contributed by atoms with Crippen molar-refractivity contribution in [3.63, 3.8) is 0 Å². The van der Waals surface area contributed by atoms with E-state index in [1.165, 1.54) is 37.4 Å². The predicted octanol–water partition coefficient (Wildman–Crippen LogP) is 2.22. The summed E-state index contributed by atoms with van der Waals surface area (Å²) in [6.07, 6.45) is 1.08. The minimum Gasteiger partial charge on any atom is -0.495 e. The molecule has 0 fully saturated rings. The van der Waals surface area contributed by atoms with Gasteiger partial charge in [-0.1, -0.05) is 18.2 Å². The number of ether oxygens (including phenoxy) is 1. The van der Waals surface area contributed by atoms with Crippen LogP contribution in [0.4, 0.5) is 5.69 Å². The second-order valence-electron chi connectivity index (χ2n) is 4.82. The molecule has 0 aliphatic heterocycles. The summed E-state index contributed by atoms with van der Waals surface area (Å²) >= 11 is 0. The molecule has 24 heavy (non-hydrogen) atoms. The van der Waals surface area contributed by atoms with Crippen LogP contribution in [-0.2, 0) is 10.0 Å². The van der Waals surface area contributed by atoms with Gasteiger partial charge < -0.3 is 4.74 Å². The van der Waals surface area contributed by atoms with Crippen LogP contribution in [0.5, 0.6) is 5.75 Å². The molecule has 0 radical (unpaired) electrons. The molecule has 0 aliphatic rings. The number of benzene rings is 2. The molecule has 0 saturated carbocycles. The summed E-state index contributed by atoms with van der Waals surface area (Å²) in [5.74, 6) is 0.175. The summed E-state index contributed by atoms with van der Waals surface area (Å²) in [4.78, 5) is 12.3. The Morgan fingerprint density at radius 3 is 2.62 bits per heavy atom. The molecule has 9 heteroatoms. The number of nitrogens with zero attached hydrogens (tertiary/aromatic N) is 2. The molecule has 0 atom stereocenters. The van der Waals surface area contributed by atoms with E-state index in [2.05, 4.69) is 5.10 Å². The quantitative estimate of drug-likeness (QED) is 0.488. The Hall–Kier alpha value is -2.94. The van der Waals surface area contributed by atoms with Gasteiger partial charge in [-0.2, -0.15) is 18.4 Å². The lowest BCUT2D eigenvalue weighted by Crippen LogP contribution is -2.19. The molecule has 126 valence electrons. The van der Waals surface area contributed by atoms with Crippen LogP contribution in [-0.4, -0.2) is 26.7 Å². The molecule has 0 saturated heterocycles. The van der Waals surface area contributed by atoms with Gasteiger partial charge >= 0.3 is 0 Å². The highest BCUT2D eigenvalue weighted by Gasteiger charge is 2.19. The molecular weight excluding hydrogens is 334 g/mol. The highest BCUT2D eigenvalue weighted by Crippen LogP contribution is 2.24. The number of hydrazone groups is 1. The van der Waals surface area contributed by atoms with E-state index in [1.807, 2.05) is 4.83 Å². The minimum absolute atomic E-state index is 0.0651. The fourth-order valence-corrected chi connectivity index (χ4v) is 3.02. The van der Waals surface area contributed by atoms with Gasteiger partial charge in [-0.05, 0) is 30.7 Å². The third kappa shape index (κ3) is 3.87. The number of rotatable bonds is 6. The van der Waals surface area contributed by atoms with Crippen LogP contribution in [0, 0.1) is 17.0 Å². The van der Waals surface area contributed by atoms with Gasteiger partial charge in [0, 0.05) is 6.07 Å². The molecule has 0 heterocycles. The molecule has 1 N–H and O–H groups in total. The van der Waals surface area contributed by atoms with Crippen molar-refractivity contribution in [1.29, 1.82) is 0 Å². The Bertz CT molecular complexity index is 894. The van der Waals surface area contributed by atoms with Gasteiger partial charge in [0.25, 0.3) is 15.7 Å². The van der Waals surface area contributed by atoms with E-state index in [1.54, 1.807) is 19.1 Å². The first-order chi connectivity index (χ1) is 11.3. The number of hydrogen-bond donors (Lipinski definition) is 1. The Morgan fingerprint density at radius 1 is 1.25 bits per heavy atom. The Kier molecular flexibility index (Phi) is 5.14. The molecular formula is C15H15N3O5S. The van der Waals surface area contributed by atoms with Crippen LogP contribution < -0.4 is 9.57 Å². The van der Waals surface area contributed by atoms with Crippen molar-refractivity contribution >= 4 is 21.9 Å². The number of methoxy groups -OCH3 is 1. The lowest BCUT2D eigenvalue weighted by molar-refractivity contribution is -0.385. The summed E-state index contributed by atoms with van der Waals surface area (Å²) in [6.45, 7) is 1.75. The smallest absolute Gasteiger partial charge is 0.280 e. The van der Waals surface area contributed by atoms with Crippen molar-refractivity contribution in [3.8, 4) is 5.75 Å². The summed E-state index contributed by atoms with van der Waals surface area (Å²) in [7, 11) is -2.61. The average Bonchev–Trinajstić information content (AvgIpc) is 2.55. The molecule has 2 rings (SSSR count). The van der Waals surface area contributed by atoms with Gasteiger partial charge in [0.15, 0.2) is 0 Å². The Balaban J connectivity index is 2.29. The molecule has 0 spiro atoms. The standard InChI is InChI=1S/C15H15N3O5S/c1-11-7-8-14(23-2)15(9-11)24(21,22)17-16-10-12-5-3-4-6-13(12)18(19)20/h3-10,17H,1-2H3/b16-10+. The van der Waals surface area contributed by atoms with E-state index >= 15 is 0 Å². The zero-order valence-corrected chi connectivity index (χ0v) is 13.8. The van der Waals surface area contributed by atoms with E-state index in [9.17, 15) is 18.5 Å². The SMILES string of the molecule is COc1ccc(C)cc1S(=O)(=O)N/N=C/c1ccccc1[N+](=O)[O-]. The Labute approximate surface area is 139 Å². The first kappa shape index (κ1) is 17.4. The van der Waals surface area contributed by atoms with E-state index in [-0.39, 0.29) is 21.9 Å². The van der Waals surface area contributed by atoms with Crippen molar-refractivity contribution in [2.24, 2.45) is 5.10 Å². The summed E-state index contributed by atoms with van der Waals surface area (Å²) in [5.41, 5.74) is 0.744. The van der Waals surface area contributed by atoms with Gasteiger partial charge in [0.2, 0.25) is 0 Å². The highest BCUT2D eigenvalue weighted by atomic mass is 32.2. The zero-order valence-electron chi connectivity index (χ0n) is 13.0. The fraction of sp³-hybridized carbons (Fsp3) is 0.133. The highest BCUT2D eigenvalue weighted by molar-refractivity contribution is 7.89. The largest absolute Gasteiger partial charge is 0.495 e. The second-order valence-corrected chi connectivity index (χ2v) is 6.45. The maximum Gasteiger partial charge on any atom is 0.280 e. The first-order valence-corrected chi connectivity index (χ1v) is 8.26. The lowest BCUT2D eigenvalue weighted by atomic mass is 10.2. The maximum absolute atomic E-state index is 12.3. The topological polar surface area (TPSA) is 111 Å². The van der Waals surface area contributed by atoms with E-state index in [0.717, 1.165) is 11.8 Å². The van der Waals surface area contributed by atoms with Crippen molar-refractivity contribution in [3.05, 3.63) is 63.7 Å². The Morgan fingerprint density at radius 2 is 1.96 bits per heavy atom. The monoisotopic (exact) mass is 349 g/mol. The van der Waals surface area contributed by atoms with Crippen LogP contribution in [0.3, 0.4) is 0 Å². The normalized spacial score (nSPS) is 11.4. The van der Waals surface area contributed by atoms with Crippen molar-refractivity contribution in [1.82, 2.24) is 4.83 Å². The summed E-state index contributed by atoms with van der Waals surface area (Å²) in [6, 6.07) is 10.6. The molecule has 0 aromatic heterocycles. The van der Waals surface area contributed by atoms with Crippen molar-refractivity contribution in [2.45, 2.75) is 11.8 Å². The second kappa shape index (κ2) is 7.09. The van der Waals surface area contributed by atoms with Gasteiger partial charge in [-0.3, -0.25) is 10.1 Å². The van der Waals surface area contributed by atoms with Crippen LogP contribution in [0.25, 0.3) is 0 Å². The first-order valence-electron chi connectivity index (χ1n) is 6.78. The van der Waals surface area contributed by atoms with Crippen LogP contribution >= 0.6 is 0 Å². The molecule has 8 nitrogen and oxygen atoms in total. The number of para-hydroxylation sites is 1. The van der Waals surface area contributed by atoms with Gasteiger partial charge in [-0.25, -0.2) is 0 Å². The number of nitro groups is 1. The van der Waals surface area contributed by atoms with Crippen molar-refractivity contribution in [2.75, 3.05) is 7.11 Å².